The van der Waals surface area contributed by atoms with Gasteiger partial charge in [0.05, 0.1) is 17.6 Å². The Kier molecular flexibility index (Phi) is 4.14. The fraction of sp³-hybridized carbons (Fsp3) is 0.188. The van der Waals surface area contributed by atoms with Crippen LogP contribution in [0, 0.1) is 6.92 Å². The minimum Gasteiger partial charge on any atom is -0.465 e. The lowest BCUT2D eigenvalue weighted by molar-refractivity contribution is 0.0599. The third kappa shape index (κ3) is 3.13. The van der Waals surface area contributed by atoms with Crippen molar-refractivity contribution in [3.63, 3.8) is 0 Å². The van der Waals surface area contributed by atoms with Crippen LogP contribution in [0.1, 0.15) is 15.9 Å². The first-order chi connectivity index (χ1) is 9.84. The molecule has 0 amide bonds. The van der Waals surface area contributed by atoms with Crippen molar-refractivity contribution in [1.82, 2.24) is 0 Å². The average molecular weight is 304 g/mol. The molecule has 5 heteroatoms. The Morgan fingerprint density at radius 2 is 1.71 bits per heavy atom. The summed E-state index contributed by atoms with van der Waals surface area (Å²) in [6.07, 6.45) is 1.13. The Balaban J connectivity index is 2.77. The van der Waals surface area contributed by atoms with E-state index in [-0.39, 0.29) is 10.5 Å². The molecule has 0 N–H and O–H groups in total. The van der Waals surface area contributed by atoms with Crippen molar-refractivity contribution < 1.29 is 17.9 Å². The summed E-state index contributed by atoms with van der Waals surface area (Å²) < 4.78 is 28.8. The van der Waals surface area contributed by atoms with E-state index in [1.165, 1.54) is 13.2 Å². The van der Waals surface area contributed by atoms with Crippen LogP contribution in [0.15, 0.2) is 47.4 Å². The molecule has 0 aliphatic rings. The molecule has 0 saturated heterocycles. The van der Waals surface area contributed by atoms with E-state index in [4.69, 9.17) is 4.74 Å². The highest BCUT2D eigenvalue weighted by Gasteiger charge is 2.20. The topological polar surface area (TPSA) is 60.4 Å². The molecule has 0 atom stereocenters. The molecule has 0 heterocycles. The number of sulfone groups is 1. The molecule has 0 aliphatic heterocycles. The van der Waals surface area contributed by atoms with Crippen molar-refractivity contribution in [2.75, 3.05) is 13.4 Å². The predicted molar refractivity (Wildman–Crippen MR) is 81.1 cm³/mol. The molecular formula is C16H16O4S. The van der Waals surface area contributed by atoms with Crippen molar-refractivity contribution in [1.29, 1.82) is 0 Å². The molecule has 110 valence electrons. The predicted octanol–water partition coefficient (Wildman–Crippen LogP) is 2.85. The van der Waals surface area contributed by atoms with Crippen molar-refractivity contribution >= 4 is 15.8 Å². The van der Waals surface area contributed by atoms with Gasteiger partial charge in [-0.1, -0.05) is 30.3 Å². The molecular weight excluding hydrogens is 288 g/mol. The number of rotatable bonds is 3. The van der Waals surface area contributed by atoms with Crippen LogP contribution in [0.3, 0.4) is 0 Å². The van der Waals surface area contributed by atoms with Gasteiger partial charge >= 0.3 is 5.97 Å². The summed E-state index contributed by atoms with van der Waals surface area (Å²) in [5.74, 6) is -0.544. The van der Waals surface area contributed by atoms with E-state index in [2.05, 4.69) is 0 Å². The molecule has 2 aromatic carbocycles. The molecule has 0 aromatic heterocycles. The zero-order chi connectivity index (χ0) is 15.6. The van der Waals surface area contributed by atoms with Gasteiger partial charge in [-0.05, 0) is 30.2 Å². The highest BCUT2D eigenvalue weighted by Crippen LogP contribution is 2.30. The molecule has 2 rings (SSSR count). The summed E-state index contributed by atoms with van der Waals surface area (Å²) in [7, 11) is -2.20. The van der Waals surface area contributed by atoms with Crippen molar-refractivity contribution in [3.05, 3.63) is 53.6 Å². The van der Waals surface area contributed by atoms with E-state index < -0.39 is 15.8 Å². The fourth-order valence-corrected chi connectivity index (χ4v) is 3.08. The van der Waals surface area contributed by atoms with Gasteiger partial charge in [-0.3, -0.25) is 0 Å². The Labute approximate surface area is 124 Å². The number of methoxy groups -OCH3 is 1. The first-order valence-corrected chi connectivity index (χ1v) is 8.22. The highest BCUT2D eigenvalue weighted by atomic mass is 32.2. The standard InChI is InChI=1S/C16H16O4S/c1-11-9-14(12-7-5-4-6-8-12)15(21(3,18)19)10-13(11)16(17)20-2/h4-10H,1-3H3. The van der Waals surface area contributed by atoms with Gasteiger partial charge in [0.1, 0.15) is 0 Å². The first kappa shape index (κ1) is 15.3. The molecule has 0 bridgehead atoms. The summed E-state index contributed by atoms with van der Waals surface area (Å²) in [5, 5.41) is 0. The Morgan fingerprint density at radius 1 is 1.10 bits per heavy atom. The fourth-order valence-electron chi connectivity index (χ4n) is 2.17. The van der Waals surface area contributed by atoms with Gasteiger partial charge in [-0.15, -0.1) is 0 Å². The largest absolute Gasteiger partial charge is 0.465 e. The monoisotopic (exact) mass is 304 g/mol. The van der Waals surface area contributed by atoms with E-state index in [1.807, 2.05) is 30.3 Å². The Morgan fingerprint density at radius 3 is 2.24 bits per heavy atom. The number of ether oxygens (including phenoxy) is 1. The van der Waals surface area contributed by atoms with Crippen LogP contribution in [0.2, 0.25) is 0 Å². The Bertz CT molecular complexity index is 777. The minimum atomic E-state index is -3.47. The van der Waals surface area contributed by atoms with E-state index in [0.717, 1.165) is 11.8 Å². The van der Waals surface area contributed by atoms with Crippen LogP contribution < -0.4 is 0 Å². The quantitative estimate of drug-likeness (QED) is 0.818. The van der Waals surface area contributed by atoms with E-state index in [9.17, 15) is 13.2 Å². The third-order valence-electron chi connectivity index (χ3n) is 3.22. The third-order valence-corrected chi connectivity index (χ3v) is 4.35. The number of aryl methyl sites for hydroxylation is 1. The molecule has 4 nitrogen and oxygen atoms in total. The molecule has 0 saturated carbocycles. The van der Waals surface area contributed by atoms with E-state index in [0.29, 0.717) is 11.1 Å². The molecule has 0 fully saturated rings. The van der Waals surface area contributed by atoms with Crippen LogP contribution >= 0.6 is 0 Å². The maximum absolute atomic E-state index is 12.0. The lowest BCUT2D eigenvalue weighted by Crippen LogP contribution is -2.08. The minimum absolute atomic E-state index is 0.125. The van der Waals surface area contributed by atoms with Gasteiger partial charge in [0.2, 0.25) is 0 Å². The zero-order valence-corrected chi connectivity index (χ0v) is 12.9. The number of benzene rings is 2. The summed E-state index contributed by atoms with van der Waals surface area (Å²) in [5.41, 5.74) is 2.31. The maximum Gasteiger partial charge on any atom is 0.338 e. The number of carbonyl (C=O) groups excluding carboxylic acids is 1. The van der Waals surface area contributed by atoms with Crippen LogP contribution in [0.4, 0.5) is 0 Å². The van der Waals surface area contributed by atoms with Gasteiger partial charge in [0.25, 0.3) is 0 Å². The van der Waals surface area contributed by atoms with Crippen LogP contribution in [0.25, 0.3) is 11.1 Å². The lowest BCUT2D eigenvalue weighted by Gasteiger charge is -2.13. The number of carbonyl (C=O) groups is 1. The van der Waals surface area contributed by atoms with Crippen LogP contribution in [0.5, 0.6) is 0 Å². The Hall–Kier alpha value is -2.14. The SMILES string of the molecule is COC(=O)c1cc(S(C)(=O)=O)c(-c2ccccc2)cc1C. The lowest BCUT2D eigenvalue weighted by atomic mass is 10.00. The number of esters is 1. The van der Waals surface area contributed by atoms with Gasteiger partial charge < -0.3 is 4.74 Å². The number of hydrogen-bond acceptors (Lipinski definition) is 4. The molecule has 0 radical (unpaired) electrons. The average Bonchev–Trinajstić information content (AvgIpc) is 2.46. The maximum atomic E-state index is 12.0. The van der Waals surface area contributed by atoms with E-state index >= 15 is 0 Å². The van der Waals surface area contributed by atoms with Crippen molar-refractivity contribution in [2.45, 2.75) is 11.8 Å². The zero-order valence-electron chi connectivity index (χ0n) is 12.1. The molecule has 0 aliphatic carbocycles. The molecule has 0 spiro atoms. The molecule has 0 unspecified atom stereocenters. The van der Waals surface area contributed by atoms with Gasteiger partial charge in [-0.2, -0.15) is 0 Å². The second-order valence-corrected chi connectivity index (χ2v) is 6.78. The second-order valence-electron chi connectivity index (χ2n) is 4.79. The van der Waals surface area contributed by atoms with E-state index in [1.54, 1.807) is 13.0 Å². The second kappa shape index (κ2) is 5.69. The molecule has 21 heavy (non-hydrogen) atoms. The van der Waals surface area contributed by atoms with Crippen molar-refractivity contribution in [3.8, 4) is 11.1 Å². The van der Waals surface area contributed by atoms with Crippen LogP contribution in [-0.2, 0) is 14.6 Å². The summed E-state index contributed by atoms with van der Waals surface area (Å²) in [4.78, 5) is 11.9. The van der Waals surface area contributed by atoms with Gasteiger partial charge in [0, 0.05) is 11.8 Å². The smallest absolute Gasteiger partial charge is 0.338 e. The summed E-state index contributed by atoms with van der Waals surface area (Å²) >= 11 is 0. The van der Waals surface area contributed by atoms with Gasteiger partial charge in [-0.25, -0.2) is 13.2 Å². The summed E-state index contributed by atoms with van der Waals surface area (Å²) in [6, 6.07) is 12.3. The van der Waals surface area contributed by atoms with Crippen LogP contribution in [-0.4, -0.2) is 27.8 Å². The summed E-state index contributed by atoms with van der Waals surface area (Å²) in [6.45, 7) is 1.75. The van der Waals surface area contributed by atoms with Gasteiger partial charge in [0.15, 0.2) is 9.84 Å². The highest BCUT2D eigenvalue weighted by molar-refractivity contribution is 7.90. The normalized spacial score (nSPS) is 11.2. The van der Waals surface area contributed by atoms with Crippen molar-refractivity contribution in [2.24, 2.45) is 0 Å². The number of hydrogen-bond donors (Lipinski definition) is 0. The first-order valence-electron chi connectivity index (χ1n) is 6.33. The molecule has 2 aromatic rings.